The van der Waals surface area contributed by atoms with Crippen molar-refractivity contribution in [2.75, 3.05) is 0 Å². The predicted octanol–water partition coefficient (Wildman–Crippen LogP) is 5.36. The van der Waals surface area contributed by atoms with Gasteiger partial charge in [0.1, 0.15) is 5.04 Å². The van der Waals surface area contributed by atoms with E-state index in [0.29, 0.717) is 11.7 Å². The summed E-state index contributed by atoms with van der Waals surface area (Å²) in [6.45, 7) is 0.714. The molecule has 3 heterocycles. The van der Waals surface area contributed by atoms with Gasteiger partial charge in [0.05, 0.1) is 5.57 Å². The van der Waals surface area contributed by atoms with E-state index in [2.05, 4.69) is 32.9 Å². The molecule has 0 aliphatic carbocycles. The van der Waals surface area contributed by atoms with E-state index in [9.17, 15) is 4.79 Å². The SMILES string of the molecule is N=C1/C(=C/c2cn(Cc3ccccc3)c3ccccc23)C(=O)N=C2SC(c3ccccc3)=NN12. The van der Waals surface area contributed by atoms with E-state index in [1.807, 2.05) is 72.9 Å². The number of amides is 1. The van der Waals surface area contributed by atoms with Crippen molar-refractivity contribution >= 4 is 50.7 Å². The van der Waals surface area contributed by atoms with E-state index in [0.717, 1.165) is 27.1 Å². The number of hydrogen-bond acceptors (Lipinski definition) is 4. The van der Waals surface area contributed by atoms with Crippen molar-refractivity contribution in [3.05, 3.63) is 113 Å². The van der Waals surface area contributed by atoms with Crippen molar-refractivity contribution in [1.82, 2.24) is 9.58 Å². The minimum absolute atomic E-state index is 0.0355. The molecule has 0 atom stereocenters. The highest BCUT2D eigenvalue weighted by molar-refractivity contribution is 8.27. The Morgan fingerprint density at radius 3 is 2.41 bits per heavy atom. The Bertz CT molecular complexity index is 1530. The van der Waals surface area contributed by atoms with Gasteiger partial charge in [-0.05, 0) is 29.5 Å². The number of hydrogen-bond donors (Lipinski definition) is 1. The molecule has 3 aromatic carbocycles. The molecule has 7 heteroatoms. The lowest BCUT2D eigenvalue weighted by molar-refractivity contribution is -0.114. The van der Waals surface area contributed by atoms with Crippen LogP contribution in [0.1, 0.15) is 16.7 Å². The van der Waals surface area contributed by atoms with Crippen LogP contribution in [-0.4, -0.2) is 31.5 Å². The second kappa shape index (κ2) is 8.28. The molecule has 2 aliphatic heterocycles. The third-order valence-electron chi connectivity index (χ3n) is 5.79. The molecule has 34 heavy (non-hydrogen) atoms. The molecular weight excluding hydrogens is 442 g/mol. The normalized spacial score (nSPS) is 16.7. The fourth-order valence-corrected chi connectivity index (χ4v) is 5.04. The summed E-state index contributed by atoms with van der Waals surface area (Å²) >= 11 is 1.30. The molecule has 0 saturated carbocycles. The molecule has 0 saturated heterocycles. The molecule has 1 amide bonds. The monoisotopic (exact) mass is 461 g/mol. The second-order valence-corrected chi connectivity index (χ2v) is 8.96. The maximum atomic E-state index is 12.9. The second-order valence-electron chi connectivity index (χ2n) is 8.01. The summed E-state index contributed by atoms with van der Waals surface area (Å²) in [6.07, 6.45) is 3.79. The van der Waals surface area contributed by atoms with Crippen molar-refractivity contribution in [2.24, 2.45) is 10.1 Å². The summed E-state index contributed by atoms with van der Waals surface area (Å²) in [5.74, 6) is -0.388. The number of carbonyl (C=O) groups is 1. The van der Waals surface area contributed by atoms with Gasteiger partial charge in [-0.3, -0.25) is 10.2 Å². The van der Waals surface area contributed by atoms with E-state index in [-0.39, 0.29) is 11.4 Å². The van der Waals surface area contributed by atoms with Gasteiger partial charge < -0.3 is 4.57 Å². The smallest absolute Gasteiger partial charge is 0.283 e. The average molecular weight is 462 g/mol. The van der Waals surface area contributed by atoms with Gasteiger partial charge in [0.2, 0.25) is 5.17 Å². The van der Waals surface area contributed by atoms with Crippen LogP contribution in [0.3, 0.4) is 0 Å². The van der Waals surface area contributed by atoms with E-state index >= 15 is 0 Å². The Hall–Kier alpha value is -4.23. The van der Waals surface area contributed by atoms with Crippen LogP contribution in [0.2, 0.25) is 0 Å². The van der Waals surface area contributed by atoms with Gasteiger partial charge in [0, 0.05) is 34.8 Å². The third-order valence-corrected chi connectivity index (χ3v) is 6.75. The maximum Gasteiger partial charge on any atom is 0.283 e. The Kier molecular flexibility index (Phi) is 4.96. The number of benzene rings is 3. The first kappa shape index (κ1) is 20.4. The third kappa shape index (κ3) is 3.56. The van der Waals surface area contributed by atoms with Crippen LogP contribution in [0, 0.1) is 5.41 Å². The topological polar surface area (TPSA) is 73.8 Å². The van der Waals surface area contributed by atoms with Gasteiger partial charge in [-0.2, -0.15) is 15.1 Å². The maximum absolute atomic E-state index is 12.9. The molecule has 6 rings (SSSR count). The highest BCUT2D eigenvalue weighted by atomic mass is 32.2. The number of hydrazone groups is 1. The standard InChI is InChI=1S/C27H19N5OS/c28-24-22(25(33)29-27-32(24)30-26(34-27)19-11-5-2-6-12-19)15-20-17-31(16-18-9-3-1-4-10-18)23-14-8-7-13-21(20)23/h1-15,17,28H,16H2/b22-15-,28-24?. The van der Waals surface area contributed by atoms with Gasteiger partial charge in [-0.1, -0.05) is 78.9 Å². The molecule has 0 unspecified atom stereocenters. The first-order chi connectivity index (χ1) is 16.7. The number of aromatic nitrogens is 1. The van der Waals surface area contributed by atoms with E-state index in [1.165, 1.54) is 22.3 Å². The summed E-state index contributed by atoms with van der Waals surface area (Å²) < 4.78 is 2.17. The minimum Gasteiger partial charge on any atom is -0.342 e. The number of rotatable bonds is 4. The molecule has 1 aromatic heterocycles. The summed E-state index contributed by atoms with van der Waals surface area (Å²) in [4.78, 5) is 17.2. The van der Waals surface area contributed by atoms with Crippen LogP contribution in [0.25, 0.3) is 17.0 Å². The number of fused-ring (bicyclic) bond motifs is 2. The van der Waals surface area contributed by atoms with Crippen LogP contribution < -0.4 is 0 Å². The largest absolute Gasteiger partial charge is 0.342 e. The Morgan fingerprint density at radius 1 is 0.912 bits per heavy atom. The van der Waals surface area contributed by atoms with Gasteiger partial charge in [-0.25, -0.2) is 0 Å². The summed E-state index contributed by atoms with van der Waals surface area (Å²) in [7, 11) is 0. The first-order valence-corrected chi connectivity index (χ1v) is 11.7. The highest BCUT2D eigenvalue weighted by Gasteiger charge is 2.36. The lowest BCUT2D eigenvalue weighted by Gasteiger charge is -2.20. The van der Waals surface area contributed by atoms with Crippen molar-refractivity contribution < 1.29 is 4.79 Å². The predicted molar refractivity (Wildman–Crippen MR) is 138 cm³/mol. The van der Waals surface area contributed by atoms with Crippen molar-refractivity contribution in [2.45, 2.75) is 6.54 Å². The Morgan fingerprint density at radius 2 is 1.62 bits per heavy atom. The molecule has 164 valence electrons. The summed E-state index contributed by atoms with van der Waals surface area (Å²) in [5.41, 5.74) is 4.29. The molecule has 4 aromatic rings. The quantitative estimate of drug-likeness (QED) is 0.416. The number of thioether (sulfide) groups is 1. The van der Waals surface area contributed by atoms with Crippen molar-refractivity contribution in [1.29, 1.82) is 5.41 Å². The van der Waals surface area contributed by atoms with Crippen LogP contribution in [-0.2, 0) is 11.3 Å². The summed E-state index contributed by atoms with van der Waals surface area (Å²) in [6, 6.07) is 28.1. The molecule has 2 aliphatic rings. The Labute approximate surface area is 200 Å². The number of nitrogens with zero attached hydrogens (tertiary/aromatic N) is 4. The number of carbonyl (C=O) groups excluding carboxylic acids is 1. The lowest BCUT2D eigenvalue weighted by atomic mass is 10.1. The minimum atomic E-state index is -0.423. The molecular formula is C27H19N5OS. The molecule has 0 bridgehead atoms. The molecule has 0 fully saturated rings. The van der Waals surface area contributed by atoms with Gasteiger partial charge in [0.25, 0.3) is 5.91 Å². The molecule has 6 nitrogen and oxygen atoms in total. The number of nitrogens with one attached hydrogen (secondary N) is 1. The van der Waals surface area contributed by atoms with Crippen molar-refractivity contribution in [3.63, 3.8) is 0 Å². The first-order valence-electron chi connectivity index (χ1n) is 10.8. The molecule has 1 N–H and O–H groups in total. The van der Waals surface area contributed by atoms with Gasteiger partial charge in [0.15, 0.2) is 5.84 Å². The van der Waals surface area contributed by atoms with Crippen LogP contribution in [0.5, 0.6) is 0 Å². The lowest BCUT2D eigenvalue weighted by Crippen LogP contribution is -2.35. The number of amidine groups is 2. The zero-order chi connectivity index (χ0) is 23.1. The number of aliphatic imine (C=N–C) groups is 1. The summed E-state index contributed by atoms with van der Waals surface area (Å²) in [5, 5.41) is 16.9. The van der Waals surface area contributed by atoms with Gasteiger partial charge in [-0.15, -0.1) is 0 Å². The number of para-hydroxylation sites is 1. The fourth-order valence-electron chi connectivity index (χ4n) is 4.15. The molecule has 0 radical (unpaired) electrons. The highest BCUT2D eigenvalue weighted by Crippen LogP contribution is 2.32. The van der Waals surface area contributed by atoms with E-state index in [4.69, 9.17) is 5.41 Å². The molecule has 0 spiro atoms. The zero-order valence-corrected chi connectivity index (χ0v) is 18.9. The van der Waals surface area contributed by atoms with Crippen LogP contribution >= 0.6 is 11.8 Å². The Balaban J connectivity index is 1.38. The zero-order valence-electron chi connectivity index (χ0n) is 18.1. The van der Waals surface area contributed by atoms with E-state index < -0.39 is 5.91 Å². The van der Waals surface area contributed by atoms with Crippen LogP contribution in [0.4, 0.5) is 0 Å². The van der Waals surface area contributed by atoms with E-state index in [1.54, 1.807) is 6.08 Å². The van der Waals surface area contributed by atoms with Crippen molar-refractivity contribution in [3.8, 4) is 0 Å². The average Bonchev–Trinajstić information content (AvgIpc) is 3.45. The van der Waals surface area contributed by atoms with Crippen LogP contribution in [0.15, 0.2) is 107 Å². The van der Waals surface area contributed by atoms with Gasteiger partial charge >= 0.3 is 0 Å². The fraction of sp³-hybridized carbons (Fsp3) is 0.0370.